The van der Waals surface area contributed by atoms with Crippen molar-refractivity contribution in [2.24, 2.45) is 0 Å². The monoisotopic (exact) mass is 354 g/mol. The van der Waals surface area contributed by atoms with E-state index < -0.39 is 6.61 Å². The average Bonchev–Trinajstić information content (AvgIpc) is 2.89. The Hall–Kier alpha value is -2.64. The molecule has 25 heavy (non-hydrogen) atoms. The third-order valence-corrected chi connectivity index (χ3v) is 3.72. The van der Waals surface area contributed by atoms with Gasteiger partial charge in [-0.25, -0.2) is 0 Å². The quantitative estimate of drug-likeness (QED) is 0.788. The standard InChI is InChI=1S/C17H20F2N2O4/c1-10-13(11(2)25-21-10)5-7-16(22)20-9-12-4-6-14(23-3)15(8-12)24-17(18)19/h4,6,8,17H,5,7,9H2,1-3H3,(H,20,22). The lowest BCUT2D eigenvalue weighted by atomic mass is 10.1. The maximum absolute atomic E-state index is 12.4. The topological polar surface area (TPSA) is 73.6 Å². The fourth-order valence-corrected chi connectivity index (χ4v) is 2.41. The van der Waals surface area contributed by atoms with E-state index in [4.69, 9.17) is 9.26 Å². The van der Waals surface area contributed by atoms with E-state index in [1.165, 1.54) is 19.2 Å². The largest absolute Gasteiger partial charge is 0.493 e. The number of amides is 1. The molecule has 136 valence electrons. The Morgan fingerprint density at radius 2 is 2.08 bits per heavy atom. The zero-order valence-corrected chi connectivity index (χ0v) is 14.3. The molecule has 2 rings (SSSR count). The Kier molecular flexibility index (Phi) is 6.32. The molecular formula is C17H20F2N2O4. The number of alkyl halides is 2. The number of aryl methyl sites for hydroxylation is 2. The van der Waals surface area contributed by atoms with E-state index in [1.807, 2.05) is 6.92 Å². The van der Waals surface area contributed by atoms with Gasteiger partial charge in [-0.15, -0.1) is 0 Å². The minimum atomic E-state index is -2.95. The van der Waals surface area contributed by atoms with Gasteiger partial charge in [-0.05, 0) is 38.0 Å². The molecule has 1 heterocycles. The van der Waals surface area contributed by atoms with E-state index in [-0.39, 0.29) is 30.4 Å². The predicted octanol–water partition coefficient (Wildman–Crippen LogP) is 3.15. The first-order chi connectivity index (χ1) is 11.9. The van der Waals surface area contributed by atoms with Crippen LogP contribution in [-0.4, -0.2) is 24.8 Å². The summed E-state index contributed by atoms with van der Waals surface area (Å²) in [4.78, 5) is 12.0. The number of rotatable bonds is 8. The molecule has 6 nitrogen and oxygen atoms in total. The molecule has 1 aromatic heterocycles. The smallest absolute Gasteiger partial charge is 0.387 e. The number of halogens is 2. The highest BCUT2D eigenvalue weighted by Gasteiger charge is 2.13. The Labute approximate surface area is 144 Å². The van der Waals surface area contributed by atoms with Crippen LogP contribution in [0.5, 0.6) is 11.5 Å². The highest BCUT2D eigenvalue weighted by atomic mass is 19.3. The summed E-state index contributed by atoms with van der Waals surface area (Å²) in [5.74, 6) is 0.676. The first-order valence-corrected chi connectivity index (χ1v) is 7.71. The van der Waals surface area contributed by atoms with Crippen LogP contribution in [0.4, 0.5) is 8.78 Å². The van der Waals surface area contributed by atoms with E-state index >= 15 is 0 Å². The van der Waals surface area contributed by atoms with E-state index in [2.05, 4.69) is 15.2 Å². The Balaban J connectivity index is 1.91. The summed E-state index contributed by atoms with van der Waals surface area (Å²) in [6.07, 6.45) is 0.800. The summed E-state index contributed by atoms with van der Waals surface area (Å²) < 4.78 is 39.3. The molecule has 1 N–H and O–H groups in total. The predicted molar refractivity (Wildman–Crippen MR) is 85.8 cm³/mol. The van der Waals surface area contributed by atoms with Gasteiger partial charge in [0, 0.05) is 18.5 Å². The zero-order chi connectivity index (χ0) is 18.4. The van der Waals surface area contributed by atoms with Gasteiger partial charge in [0.1, 0.15) is 5.76 Å². The number of methoxy groups -OCH3 is 1. The lowest BCUT2D eigenvalue weighted by molar-refractivity contribution is -0.121. The summed E-state index contributed by atoms with van der Waals surface area (Å²) in [7, 11) is 1.36. The van der Waals surface area contributed by atoms with Crippen molar-refractivity contribution in [2.75, 3.05) is 7.11 Å². The molecule has 0 spiro atoms. The van der Waals surface area contributed by atoms with Crippen LogP contribution < -0.4 is 14.8 Å². The molecular weight excluding hydrogens is 334 g/mol. The summed E-state index contributed by atoms with van der Waals surface area (Å²) in [6, 6.07) is 4.61. The van der Waals surface area contributed by atoms with Crippen molar-refractivity contribution < 1.29 is 27.6 Å². The third kappa shape index (κ3) is 5.17. The van der Waals surface area contributed by atoms with Crippen LogP contribution in [0.1, 0.15) is 29.0 Å². The first-order valence-electron chi connectivity index (χ1n) is 7.71. The van der Waals surface area contributed by atoms with Gasteiger partial charge in [0.05, 0.1) is 12.8 Å². The molecule has 1 amide bonds. The summed E-state index contributed by atoms with van der Waals surface area (Å²) >= 11 is 0. The van der Waals surface area contributed by atoms with Gasteiger partial charge in [0.15, 0.2) is 11.5 Å². The molecule has 0 aliphatic heterocycles. The third-order valence-electron chi connectivity index (χ3n) is 3.72. The highest BCUT2D eigenvalue weighted by Crippen LogP contribution is 2.29. The maximum Gasteiger partial charge on any atom is 0.387 e. The molecule has 2 aromatic rings. The van der Waals surface area contributed by atoms with Gasteiger partial charge in [0.25, 0.3) is 0 Å². The summed E-state index contributed by atoms with van der Waals surface area (Å²) in [5.41, 5.74) is 2.32. The van der Waals surface area contributed by atoms with E-state index in [0.29, 0.717) is 17.7 Å². The highest BCUT2D eigenvalue weighted by molar-refractivity contribution is 5.76. The van der Waals surface area contributed by atoms with E-state index in [0.717, 1.165) is 11.3 Å². The molecule has 0 aliphatic carbocycles. The first kappa shape index (κ1) is 18.7. The molecule has 0 bridgehead atoms. The second kappa shape index (κ2) is 8.46. The lowest BCUT2D eigenvalue weighted by Gasteiger charge is -2.12. The maximum atomic E-state index is 12.4. The molecule has 0 radical (unpaired) electrons. The van der Waals surface area contributed by atoms with E-state index in [9.17, 15) is 13.6 Å². The minimum Gasteiger partial charge on any atom is -0.493 e. The zero-order valence-electron chi connectivity index (χ0n) is 14.3. The van der Waals surface area contributed by atoms with Gasteiger partial charge in [0.2, 0.25) is 5.91 Å². The van der Waals surface area contributed by atoms with Gasteiger partial charge in [-0.1, -0.05) is 11.2 Å². The van der Waals surface area contributed by atoms with Crippen molar-refractivity contribution >= 4 is 5.91 Å². The van der Waals surface area contributed by atoms with Crippen LogP contribution in [0.2, 0.25) is 0 Å². The van der Waals surface area contributed by atoms with Gasteiger partial charge >= 0.3 is 6.61 Å². The summed E-state index contributed by atoms with van der Waals surface area (Å²) in [5, 5.41) is 6.59. The molecule has 1 aromatic carbocycles. The number of nitrogens with one attached hydrogen (secondary N) is 1. The Morgan fingerprint density at radius 1 is 1.32 bits per heavy atom. The van der Waals surface area contributed by atoms with Crippen LogP contribution in [0.25, 0.3) is 0 Å². The van der Waals surface area contributed by atoms with Crippen molar-refractivity contribution in [3.8, 4) is 11.5 Å². The molecule has 0 saturated heterocycles. The van der Waals surface area contributed by atoms with E-state index in [1.54, 1.807) is 13.0 Å². The normalized spacial score (nSPS) is 10.8. The van der Waals surface area contributed by atoms with Crippen molar-refractivity contribution in [3.63, 3.8) is 0 Å². The Bertz CT molecular complexity index is 712. The fourth-order valence-electron chi connectivity index (χ4n) is 2.41. The number of nitrogens with zero attached hydrogens (tertiary/aromatic N) is 1. The van der Waals surface area contributed by atoms with Gasteiger partial charge in [-0.2, -0.15) is 8.78 Å². The minimum absolute atomic E-state index is 0.0695. The Morgan fingerprint density at radius 3 is 2.68 bits per heavy atom. The fraction of sp³-hybridized carbons (Fsp3) is 0.412. The van der Waals surface area contributed by atoms with Gasteiger partial charge in [-0.3, -0.25) is 4.79 Å². The van der Waals surface area contributed by atoms with Crippen LogP contribution >= 0.6 is 0 Å². The average molecular weight is 354 g/mol. The molecule has 8 heteroatoms. The number of hydrogen-bond acceptors (Lipinski definition) is 5. The molecule has 0 unspecified atom stereocenters. The second-order valence-electron chi connectivity index (χ2n) is 5.44. The van der Waals surface area contributed by atoms with Crippen molar-refractivity contribution in [2.45, 2.75) is 39.8 Å². The van der Waals surface area contributed by atoms with Crippen molar-refractivity contribution in [1.82, 2.24) is 10.5 Å². The number of benzene rings is 1. The van der Waals surface area contributed by atoms with Crippen LogP contribution in [0, 0.1) is 13.8 Å². The van der Waals surface area contributed by atoms with Crippen LogP contribution in [0.15, 0.2) is 22.7 Å². The van der Waals surface area contributed by atoms with Crippen LogP contribution in [-0.2, 0) is 17.8 Å². The number of hydrogen-bond donors (Lipinski definition) is 1. The molecule has 0 fully saturated rings. The lowest BCUT2D eigenvalue weighted by Crippen LogP contribution is -2.23. The second-order valence-corrected chi connectivity index (χ2v) is 5.44. The molecule has 0 atom stereocenters. The van der Waals surface area contributed by atoms with Crippen LogP contribution in [0.3, 0.4) is 0 Å². The van der Waals surface area contributed by atoms with Gasteiger partial charge < -0.3 is 19.3 Å². The molecule has 0 saturated carbocycles. The number of aromatic nitrogens is 1. The SMILES string of the molecule is COc1ccc(CNC(=O)CCc2c(C)noc2C)cc1OC(F)F. The van der Waals surface area contributed by atoms with Crippen molar-refractivity contribution in [3.05, 3.63) is 40.8 Å². The number of carbonyl (C=O) groups excluding carboxylic acids is 1. The number of ether oxygens (including phenoxy) is 2. The molecule has 0 aliphatic rings. The number of carbonyl (C=O) groups is 1. The van der Waals surface area contributed by atoms with Crippen molar-refractivity contribution in [1.29, 1.82) is 0 Å². The summed E-state index contributed by atoms with van der Waals surface area (Å²) in [6.45, 7) is 0.874.